The molecular weight excluding hydrogens is 989 g/mol. The van der Waals surface area contributed by atoms with Gasteiger partial charge in [0.2, 0.25) is 0 Å². The summed E-state index contributed by atoms with van der Waals surface area (Å²) in [6.45, 7) is 11.8. The molecule has 398 valence electrons. The molecule has 1 aromatic heterocycles. The van der Waals surface area contributed by atoms with Crippen LogP contribution in [0.2, 0.25) is 0 Å². The lowest BCUT2D eigenvalue weighted by molar-refractivity contribution is 1.18. The Kier molecular flexibility index (Phi) is 18.2. The van der Waals surface area contributed by atoms with Crippen LogP contribution in [0.15, 0.2) is 334 Å². The van der Waals surface area contributed by atoms with Gasteiger partial charge in [0, 0.05) is 33.5 Å². The van der Waals surface area contributed by atoms with Gasteiger partial charge >= 0.3 is 0 Å². The number of aryl methyl sites for hydroxylation is 1. The van der Waals surface area contributed by atoms with Crippen LogP contribution in [-0.2, 0) is 0 Å². The fourth-order valence-electron chi connectivity index (χ4n) is 10.4. The SMILES string of the molecule is C=C/C=C(\C)c1ccccc1.CC.Cc1ccccc1.c1ccc(-c2ccc(N(c3ccccc3)c3ccc(-c4ccc(-c5ccc(-c6ccc7c(c6)c6ccccc6n7-c6cccc(-c7ccccc7)c6)cc5)cc4)cc3)cc2)cc1. The summed E-state index contributed by atoms with van der Waals surface area (Å²) in [6, 6.07) is 112. The summed E-state index contributed by atoms with van der Waals surface area (Å²) in [5.41, 5.74) is 22.8. The quantitative estimate of drug-likeness (QED) is 0.117. The molecule has 12 aromatic carbocycles. The van der Waals surface area contributed by atoms with E-state index in [1.165, 1.54) is 94.1 Å². The number of aromatic nitrogens is 1. The zero-order valence-corrected chi connectivity index (χ0v) is 47.3. The number of anilines is 3. The topological polar surface area (TPSA) is 8.17 Å². The van der Waals surface area contributed by atoms with Crippen molar-refractivity contribution in [3.05, 3.63) is 345 Å². The highest BCUT2D eigenvalue weighted by Gasteiger charge is 2.16. The van der Waals surface area contributed by atoms with E-state index >= 15 is 0 Å². The van der Waals surface area contributed by atoms with E-state index < -0.39 is 0 Å². The Balaban J connectivity index is 0.000000319. The average Bonchev–Trinajstić information content (AvgIpc) is 3.90. The van der Waals surface area contributed by atoms with Gasteiger partial charge in [-0.1, -0.05) is 287 Å². The van der Waals surface area contributed by atoms with E-state index in [9.17, 15) is 0 Å². The summed E-state index contributed by atoms with van der Waals surface area (Å²) in [5.74, 6) is 0. The van der Waals surface area contributed by atoms with E-state index in [1.54, 1.807) is 0 Å². The molecule has 0 aliphatic rings. The first kappa shape index (κ1) is 55.1. The zero-order valence-electron chi connectivity index (χ0n) is 47.3. The van der Waals surface area contributed by atoms with Crippen molar-refractivity contribution in [2.24, 2.45) is 0 Å². The summed E-state index contributed by atoms with van der Waals surface area (Å²) in [4.78, 5) is 2.31. The van der Waals surface area contributed by atoms with E-state index in [0.29, 0.717) is 0 Å². The maximum absolute atomic E-state index is 3.65. The summed E-state index contributed by atoms with van der Waals surface area (Å²) in [7, 11) is 0. The third-order valence-electron chi connectivity index (χ3n) is 14.6. The number of hydrogen-bond donors (Lipinski definition) is 0. The van der Waals surface area contributed by atoms with Crippen molar-refractivity contribution in [1.82, 2.24) is 4.57 Å². The predicted octanol–water partition coefficient (Wildman–Crippen LogP) is 22.9. The van der Waals surface area contributed by atoms with Crippen molar-refractivity contribution in [1.29, 1.82) is 0 Å². The summed E-state index contributed by atoms with van der Waals surface area (Å²) in [6.07, 6.45) is 3.82. The van der Waals surface area contributed by atoms with Crippen LogP contribution < -0.4 is 4.90 Å². The minimum atomic E-state index is 1.11. The number of nitrogens with zero attached hydrogens (tertiary/aromatic N) is 2. The molecule has 0 fully saturated rings. The van der Waals surface area contributed by atoms with Crippen molar-refractivity contribution < 1.29 is 0 Å². The molecule has 0 saturated carbocycles. The predicted molar refractivity (Wildman–Crippen MR) is 355 cm³/mol. The molecule has 0 N–H and O–H groups in total. The van der Waals surface area contributed by atoms with Crippen molar-refractivity contribution in [3.63, 3.8) is 0 Å². The molecular formula is C80H68N2. The second kappa shape index (κ2) is 27.1. The number of allylic oxidation sites excluding steroid dienone is 3. The normalized spacial score (nSPS) is 10.8. The Morgan fingerprint density at radius 1 is 0.329 bits per heavy atom. The molecule has 0 aliphatic carbocycles. The first-order valence-electron chi connectivity index (χ1n) is 28.3. The zero-order chi connectivity index (χ0) is 56.5. The maximum Gasteiger partial charge on any atom is 0.0541 e. The highest BCUT2D eigenvalue weighted by molar-refractivity contribution is 6.10. The van der Waals surface area contributed by atoms with Gasteiger partial charge < -0.3 is 9.47 Å². The van der Waals surface area contributed by atoms with E-state index in [1.807, 2.05) is 62.4 Å². The molecule has 0 saturated heterocycles. The Morgan fingerprint density at radius 2 is 0.683 bits per heavy atom. The summed E-state index contributed by atoms with van der Waals surface area (Å²) < 4.78 is 2.40. The Hall–Kier alpha value is -10.3. The van der Waals surface area contributed by atoms with Gasteiger partial charge in [0.15, 0.2) is 0 Å². The fraction of sp³-hybridized carbons (Fsp3) is 0.0500. The molecule has 2 heteroatoms. The number of benzene rings is 12. The number of fused-ring (bicyclic) bond motifs is 3. The monoisotopic (exact) mass is 1060 g/mol. The van der Waals surface area contributed by atoms with Crippen molar-refractivity contribution in [2.75, 3.05) is 4.90 Å². The standard InChI is InChI=1S/C60H42N2.C11H12.C7H8.C2H6/c1-4-13-43(14-5-1)48-31-36-54(37-32-48)61(53-18-8-3-9-19-53)55-38-33-49(34-39-55)47-25-23-45(24-26-47)46-27-29-50(30-28-46)52-35-40-60-58(42-52)57-21-10-11-22-59(57)62(60)56-20-12-17-51(41-56)44-15-6-2-7-16-44;1-3-7-10(2)11-8-5-4-6-9-11;1-7-5-3-2-4-6-7;1-2/h1-42H;3-9H,1H2,2H3;2-6H,1H3;1-2H3/b;10-7+;;. The maximum atomic E-state index is 3.65. The molecule has 0 radical (unpaired) electrons. The van der Waals surface area contributed by atoms with Crippen LogP contribution >= 0.6 is 0 Å². The van der Waals surface area contributed by atoms with Crippen LogP contribution in [0.1, 0.15) is 31.9 Å². The van der Waals surface area contributed by atoms with Gasteiger partial charge in [-0.05, 0) is 147 Å². The minimum absolute atomic E-state index is 1.11. The first-order chi connectivity index (χ1) is 40.5. The van der Waals surface area contributed by atoms with E-state index in [4.69, 9.17) is 0 Å². The molecule has 13 rings (SSSR count). The fourth-order valence-corrected chi connectivity index (χ4v) is 10.4. The smallest absolute Gasteiger partial charge is 0.0541 e. The van der Waals surface area contributed by atoms with Crippen LogP contribution in [0, 0.1) is 6.92 Å². The third-order valence-corrected chi connectivity index (χ3v) is 14.6. The molecule has 0 bridgehead atoms. The van der Waals surface area contributed by atoms with Crippen LogP contribution in [0.5, 0.6) is 0 Å². The second-order valence-corrected chi connectivity index (χ2v) is 19.9. The van der Waals surface area contributed by atoms with Gasteiger partial charge in [-0.2, -0.15) is 0 Å². The molecule has 13 aromatic rings. The number of rotatable bonds is 11. The third kappa shape index (κ3) is 13.1. The Morgan fingerprint density at radius 3 is 1.17 bits per heavy atom. The van der Waals surface area contributed by atoms with Gasteiger partial charge in [-0.3, -0.25) is 0 Å². The van der Waals surface area contributed by atoms with Crippen molar-refractivity contribution in [2.45, 2.75) is 27.7 Å². The Bertz CT molecular complexity index is 4130. The van der Waals surface area contributed by atoms with Crippen LogP contribution in [0.25, 0.3) is 88.7 Å². The molecule has 2 nitrogen and oxygen atoms in total. The highest BCUT2D eigenvalue weighted by atomic mass is 15.1. The molecule has 0 aliphatic heterocycles. The highest BCUT2D eigenvalue weighted by Crippen LogP contribution is 2.39. The van der Waals surface area contributed by atoms with Crippen LogP contribution in [0.4, 0.5) is 17.1 Å². The molecule has 0 amide bonds. The molecule has 0 spiro atoms. The summed E-state index contributed by atoms with van der Waals surface area (Å²) >= 11 is 0. The van der Waals surface area contributed by atoms with E-state index in [-0.39, 0.29) is 0 Å². The lowest BCUT2D eigenvalue weighted by atomic mass is 9.97. The first-order valence-corrected chi connectivity index (χ1v) is 28.3. The van der Waals surface area contributed by atoms with E-state index in [2.05, 4.69) is 309 Å². The van der Waals surface area contributed by atoms with Crippen molar-refractivity contribution >= 4 is 44.4 Å². The van der Waals surface area contributed by atoms with Gasteiger partial charge in [-0.15, -0.1) is 0 Å². The van der Waals surface area contributed by atoms with Crippen molar-refractivity contribution in [3.8, 4) is 61.3 Å². The average molecular weight is 1060 g/mol. The molecule has 1 heterocycles. The number of para-hydroxylation sites is 2. The van der Waals surface area contributed by atoms with E-state index in [0.717, 1.165) is 22.7 Å². The lowest BCUT2D eigenvalue weighted by Gasteiger charge is -2.26. The largest absolute Gasteiger partial charge is 0.311 e. The van der Waals surface area contributed by atoms with Gasteiger partial charge in [0.1, 0.15) is 0 Å². The van der Waals surface area contributed by atoms with Crippen LogP contribution in [-0.4, -0.2) is 4.57 Å². The molecule has 0 atom stereocenters. The van der Waals surface area contributed by atoms with Gasteiger partial charge in [-0.25, -0.2) is 0 Å². The Labute approximate surface area is 485 Å². The second-order valence-electron chi connectivity index (χ2n) is 19.9. The summed E-state index contributed by atoms with van der Waals surface area (Å²) in [5, 5.41) is 2.50. The minimum Gasteiger partial charge on any atom is -0.311 e. The molecule has 82 heavy (non-hydrogen) atoms. The number of hydrogen-bond acceptors (Lipinski definition) is 1. The van der Waals surface area contributed by atoms with Gasteiger partial charge in [0.05, 0.1) is 11.0 Å². The van der Waals surface area contributed by atoms with Gasteiger partial charge in [0.25, 0.3) is 0 Å². The lowest BCUT2D eigenvalue weighted by Crippen LogP contribution is -2.09. The molecule has 0 unspecified atom stereocenters. The van der Waals surface area contributed by atoms with Crippen LogP contribution in [0.3, 0.4) is 0 Å².